The van der Waals surface area contributed by atoms with Crippen molar-refractivity contribution < 1.29 is 4.79 Å². The van der Waals surface area contributed by atoms with E-state index < -0.39 is 0 Å². The predicted molar refractivity (Wildman–Crippen MR) is 81.6 cm³/mol. The number of carbonyl (C=O) groups excluding carboxylic acids is 1. The molecule has 0 radical (unpaired) electrons. The fourth-order valence-electron chi connectivity index (χ4n) is 3.27. The topological polar surface area (TPSA) is 32.3 Å². The van der Waals surface area contributed by atoms with Gasteiger partial charge >= 0.3 is 0 Å². The molecule has 0 bridgehead atoms. The second kappa shape index (κ2) is 8.11. The van der Waals surface area contributed by atoms with Crippen LogP contribution < -0.4 is 5.32 Å². The molecule has 2 aliphatic rings. The molecule has 0 aliphatic carbocycles. The Morgan fingerprint density at radius 1 is 1.26 bits per heavy atom. The van der Waals surface area contributed by atoms with E-state index in [0.717, 1.165) is 44.3 Å². The summed E-state index contributed by atoms with van der Waals surface area (Å²) in [6.45, 7) is 7.71. The van der Waals surface area contributed by atoms with E-state index in [1.54, 1.807) is 0 Å². The van der Waals surface area contributed by atoms with Crippen LogP contribution in [-0.4, -0.2) is 36.5 Å². The highest BCUT2D eigenvalue weighted by Gasteiger charge is 2.25. The first-order valence-corrected chi connectivity index (χ1v) is 7.68. The Morgan fingerprint density at radius 2 is 1.95 bits per heavy atom. The molecule has 2 aliphatic heterocycles. The highest BCUT2D eigenvalue weighted by atomic mass is 35.5. The van der Waals surface area contributed by atoms with Crippen molar-refractivity contribution in [3.05, 3.63) is 0 Å². The number of piperidine rings is 1. The standard InChI is InChI=1S/C15H28N2O.ClH/c1-12(2)13-7-10-17(11-8-13)15(18)6-5-14-4-3-9-16-14;/h12-14,16H,3-11H2,1-2H3;1H. The summed E-state index contributed by atoms with van der Waals surface area (Å²) in [6, 6.07) is 0.599. The van der Waals surface area contributed by atoms with Crippen LogP contribution in [-0.2, 0) is 4.79 Å². The van der Waals surface area contributed by atoms with Crippen molar-refractivity contribution >= 4 is 18.3 Å². The molecule has 2 heterocycles. The number of amides is 1. The Balaban J connectivity index is 0.00000180. The summed E-state index contributed by atoms with van der Waals surface area (Å²) < 4.78 is 0. The van der Waals surface area contributed by atoms with Crippen LogP contribution >= 0.6 is 12.4 Å². The Hall–Kier alpha value is -0.280. The maximum atomic E-state index is 12.1. The zero-order valence-corrected chi connectivity index (χ0v) is 13.2. The third-order valence-electron chi connectivity index (χ3n) is 4.70. The molecule has 1 N–H and O–H groups in total. The Morgan fingerprint density at radius 3 is 2.47 bits per heavy atom. The van der Waals surface area contributed by atoms with Crippen LogP contribution in [0.2, 0.25) is 0 Å². The zero-order chi connectivity index (χ0) is 13.0. The number of halogens is 1. The SMILES string of the molecule is CC(C)C1CCN(C(=O)CCC2CCCN2)CC1.Cl. The summed E-state index contributed by atoms with van der Waals surface area (Å²) in [5.74, 6) is 1.97. The van der Waals surface area contributed by atoms with Crippen LogP contribution in [0.1, 0.15) is 52.4 Å². The van der Waals surface area contributed by atoms with Crippen LogP contribution in [0.4, 0.5) is 0 Å². The lowest BCUT2D eigenvalue weighted by Gasteiger charge is -2.34. The number of carbonyl (C=O) groups is 1. The van der Waals surface area contributed by atoms with Gasteiger partial charge in [0, 0.05) is 25.6 Å². The third kappa shape index (κ3) is 4.96. The van der Waals surface area contributed by atoms with Gasteiger partial charge in [0.2, 0.25) is 5.91 Å². The second-order valence-electron chi connectivity index (χ2n) is 6.29. The third-order valence-corrected chi connectivity index (χ3v) is 4.70. The van der Waals surface area contributed by atoms with Crippen LogP contribution in [0.5, 0.6) is 0 Å². The van der Waals surface area contributed by atoms with E-state index in [0.29, 0.717) is 11.9 Å². The number of hydrogen-bond donors (Lipinski definition) is 1. The summed E-state index contributed by atoms with van der Waals surface area (Å²) >= 11 is 0. The summed E-state index contributed by atoms with van der Waals surface area (Å²) in [4.78, 5) is 14.2. The lowest BCUT2D eigenvalue weighted by atomic mass is 9.86. The Bertz CT molecular complexity index is 269. The fourth-order valence-corrected chi connectivity index (χ4v) is 3.27. The lowest BCUT2D eigenvalue weighted by molar-refractivity contribution is -0.133. The van der Waals surface area contributed by atoms with Gasteiger partial charge in [0.05, 0.1) is 0 Å². The molecule has 112 valence electrons. The van der Waals surface area contributed by atoms with E-state index in [1.807, 2.05) is 0 Å². The minimum absolute atomic E-state index is 0. The quantitative estimate of drug-likeness (QED) is 0.863. The smallest absolute Gasteiger partial charge is 0.222 e. The van der Waals surface area contributed by atoms with Gasteiger partial charge < -0.3 is 10.2 Å². The molecule has 1 unspecified atom stereocenters. The van der Waals surface area contributed by atoms with Crippen molar-refractivity contribution in [3.63, 3.8) is 0 Å². The second-order valence-corrected chi connectivity index (χ2v) is 6.29. The van der Waals surface area contributed by atoms with Crippen LogP contribution in [0.25, 0.3) is 0 Å². The van der Waals surface area contributed by atoms with Gasteiger partial charge in [-0.05, 0) is 50.5 Å². The molecule has 2 saturated heterocycles. The Labute approximate surface area is 123 Å². The number of hydrogen-bond acceptors (Lipinski definition) is 2. The largest absolute Gasteiger partial charge is 0.343 e. The fraction of sp³-hybridized carbons (Fsp3) is 0.933. The van der Waals surface area contributed by atoms with E-state index >= 15 is 0 Å². The average Bonchev–Trinajstić information content (AvgIpc) is 2.89. The average molecular weight is 289 g/mol. The normalized spacial score (nSPS) is 24.6. The van der Waals surface area contributed by atoms with Crippen molar-refractivity contribution in [2.75, 3.05) is 19.6 Å². The van der Waals surface area contributed by atoms with Gasteiger partial charge in [-0.25, -0.2) is 0 Å². The van der Waals surface area contributed by atoms with Gasteiger partial charge in [-0.15, -0.1) is 12.4 Å². The monoisotopic (exact) mass is 288 g/mol. The first-order chi connectivity index (χ1) is 8.66. The van der Waals surface area contributed by atoms with Gasteiger partial charge in [0.1, 0.15) is 0 Å². The van der Waals surface area contributed by atoms with Crippen molar-refractivity contribution in [1.29, 1.82) is 0 Å². The van der Waals surface area contributed by atoms with Crippen LogP contribution in [0.3, 0.4) is 0 Å². The minimum Gasteiger partial charge on any atom is -0.343 e. The van der Waals surface area contributed by atoms with Gasteiger partial charge in [0.15, 0.2) is 0 Å². The summed E-state index contributed by atoms with van der Waals surface area (Å²) in [5.41, 5.74) is 0. The molecule has 0 saturated carbocycles. The molecular weight excluding hydrogens is 260 g/mol. The van der Waals surface area contributed by atoms with E-state index in [9.17, 15) is 4.79 Å². The molecular formula is C15H29ClN2O. The maximum Gasteiger partial charge on any atom is 0.222 e. The van der Waals surface area contributed by atoms with Crippen molar-refractivity contribution in [2.24, 2.45) is 11.8 Å². The lowest BCUT2D eigenvalue weighted by Crippen LogP contribution is -2.40. The number of nitrogens with zero attached hydrogens (tertiary/aromatic N) is 1. The Kier molecular flexibility index (Phi) is 7.16. The molecule has 1 amide bonds. The zero-order valence-electron chi connectivity index (χ0n) is 12.4. The maximum absolute atomic E-state index is 12.1. The molecule has 0 aromatic heterocycles. The first kappa shape index (κ1) is 16.8. The first-order valence-electron chi connectivity index (χ1n) is 7.68. The van der Waals surface area contributed by atoms with Gasteiger partial charge in [-0.3, -0.25) is 4.79 Å². The molecule has 0 aromatic carbocycles. The summed E-state index contributed by atoms with van der Waals surface area (Å²) in [5, 5.41) is 3.47. The highest BCUT2D eigenvalue weighted by molar-refractivity contribution is 5.85. The van der Waals surface area contributed by atoms with E-state index in [-0.39, 0.29) is 12.4 Å². The van der Waals surface area contributed by atoms with Gasteiger partial charge in [0.25, 0.3) is 0 Å². The molecule has 2 fully saturated rings. The molecule has 4 heteroatoms. The van der Waals surface area contributed by atoms with E-state index in [1.165, 1.54) is 25.7 Å². The molecule has 2 rings (SSSR count). The summed E-state index contributed by atoms with van der Waals surface area (Å²) in [6.07, 6.45) is 6.70. The highest BCUT2D eigenvalue weighted by Crippen LogP contribution is 2.25. The van der Waals surface area contributed by atoms with Crippen LogP contribution in [0, 0.1) is 11.8 Å². The molecule has 19 heavy (non-hydrogen) atoms. The molecule has 0 spiro atoms. The van der Waals surface area contributed by atoms with Crippen molar-refractivity contribution in [2.45, 2.75) is 58.4 Å². The predicted octanol–water partition coefficient (Wildman–Crippen LogP) is 2.84. The minimum atomic E-state index is 0. The van der Waals surface area contributed by atoms with Gasteiger partial charge in [-0.1, -0.05) is 13.8 Å². The van der Waals surface area contributed by atoms with E-state index in [4.69, 9.17) is 0 Å². The number of rotatable bonds is 4. The number of likely N-dealkylation sites (tertiary alicyclic amines) is 1. The molecule has 3 nitrogen and oxygen atoms in total. The van der Waals surface area contributed by atoms with Crippen LogP contribution in [0.15, 0.2) is 0 Å². The molecule has 0 aromatic rings. The molecule has 1 atom stereocenters. The van der Waals surface area contributed by atoms with Crippen molar-refractivity contribution in [1.82, 2.24) is 10.2 Å². The van der Waals surface area contributed by atoms with Crippen molar-refractivity contribution in [3.8, 4) is 0 Å². The van der Waals surface area contributed by atoms with E-state index in [2.05, 4.69) is 24.1 Å². The number of nitrogens with one attached hydrogen (secondary N) is 1. The summed E-state index contributed by atoms with van der Waals surface area (Å²) in [7, 11) is 0. The van der Waals surface area contributed by atoms with Gasteiger partial charge in [-0.2, -0.15) is 0 Å².